The zero-order valence-electron chi connectivity index (χ0n) is 17.6. The SMILES string of the molecule is C=CCN1C(=O)NC(c2ccc(C)cc2)C2=C1CN(CC(=O)NN1CCOCC1)C2=O. The van der Waals surface area contributed by atoms with Crippen molar-refractivity contribution in [3.8, 4) is 0 Å². The van der Waals surface area contributed by atoms with Gasteiger partial charge < -0.3 is 15.0 Å². The van der Waals surface area contributed by atoms with Crippen molar-refractivity contribution < 1.29 is 19.1 Å². The first kappa shape index (κ1) is 21.1. The highest BCUT2D eigenvalue weighted by molar-refractivity contribution is 6.03. The smallest absolute Gasteiger partial charge is 0.322 e. The van der Waals surface area contributed by atoms with Crippen LogP contribution in [0.3, 0.4) is 0 Å². The quantitative estimate of drug-likeness (QED) is 0.655. The fourth-order valence-electron chi connectivity index (χ4n) is 4.07. The largest absolute Gasteiger partial charge is 0.379 e. The van der Waals surface area contributed by atoms with E-state index in [9.17, 15) is 14.4 Å². The molecule has 4 rings (SSSR count). The number of carbonyl (C=O) groups excluding carboxylic acids is 3. The lowest BCUT2D eigenvalue weighted by atomic mass is 9.95. The zero-order chi connectivity index (χ0) is 22.0. The van der Waals surface area contributed by atoms with E-state index in [-0.39, 0.29) is 37.5 Å². The van der Waals surface area contributed by atoms with Crippen LogP contribution in [0.2, 0.25) is 0 Å². The summed E-state index contributed by atoms with van der Waals surface area (Å²) >= 11 is 0. The van der Waals surface area contributed by atoms with Crippen LogP contribution in [-0.4, -0.2) is 78.6 Å². The Balaban J connectivity index is 1.55. The van der Waals surface area contributed by atoms with Gasteiger partial charge in [0.1, 0.15) is 6.54 Å². The third-order valence-corrected chi connectivity index (χ3v) is 5.65. The molecule has 9 heteroatoms. The Morgan fingerprint density at radius 2 is 1.97 bits per heavy atom. The Kier molecular flexibility index (Phi) is 6.06. The Morgan fingerprint density at radius 1 is 1.26 bits per heavy atom. The molecule has 1 aromatic rings. The van der Waals surface area contributed by atoms with Gasteiger partial charge >= 0.3 is 6.03 Å². The third kappa shape index (κ3) is 4.33. The minimum Gasteiger partial charge on any atom is -0.379 e. The summed E-state index contributed by atoms with van der Waals surface area (Å²) in [6, 6.07) is 6.89. The number of hydrogen-bond donors (Lipinski definition) is 2. The number of morpholine rings is 1. The molecule has 3 heterocycles. The van der Waals surface area contributed by atoms with Gasteiger partial charge in [-0.25, -0.2) is 9.80 Å². The van der Waals surface area contributed by atoms with E-state index < -0.39 is 6.04 Å². The van der Waals surface area contributed by atoms with Gasteiger partial charge in [0.15, 0.2) is 0 Å². The van der Waals surface area contributed by atoms with E-state index in [1.165, 1.54) is 9.80 Å². The minimum atomic E-state index is -0.552. The second-order valence-electron chi connectivity index (χ2n) is 7.85. The zero-order valence-corrected chi connectivity index (χ0v) is 17.6. The molecule has 0 aliphatic carbocycles. The fraction of sp³-hybridized carbons (Fsp3) is 0.409. The highest BCUT2D eigenvalue weighted by Crippen LogP contribution is 2.36. The molecule has 4 amide bonds. The fourth-order valence-corrected chi connectivity index (χ4v) is 4.07. The summed E-state index contributed by atoms with van der Waals surface area (Å²) in [7, 11) is 0. The number of nitrogens with one attached hydrogen (secondary N) is 2. The molecule has 3 aliphatic rings. The molecule has 0 saturated carbocycles. The minimum absolute atomic E-state index is 0.0834. The second-order valence-corrected chi connectivity index (χ2v) is 7.85. The second kappa shape index (κ2) is 8.91. The number of nitrogens with zero attached hydrogens (tertiary/aromatic N) is 3. The standard InChI is InChI=1S/C22H27N5O4/c1-3-8-27-17-13-25(14-18(28)24-26-9-11-31-12-10-26)21(29)19(17)20(23-22(27)30)16-6-4-15(2)5-7-16/h3-7,20H,1,8-14H2,2H3,(H,23,30)(H,24,28). The Labute approximate surface area is 181 Å². The molecule has 0 aromatic heterocycles. The van der Waals surface area contributed by atoms with Gasteiger partial charge in [-0.15, -0.1) is 6.58 Å². The normalized spacial score (nSPS) is 21.8. The van der Waals surface area contributed by atoms with Gasteiger partial charge in [-0.2, -0.15) is 0 Å². The van der Waals surface area contributed by atoms with Gasteiger partial charge in [-0.05, 0) is 12.5 Å². The van der Waals surface area contributed by atoms with Crippen LogP contribution in [0.5, 0.6) is 0 Å². The summed E-state index contributed by atoms with van der Waals surface area (Å²) in [6.07, 6.45) is 1.62. The maximum Gasteiger partial charge on any atom is 0.322 e. The maximum atomic E-state index is 13.3. The summed E-state index contributed by atoms with van der Waals surface area (Å²) in [6.45, 7) is 8.43. The van der Waals surface area contributed by atoms with E-state index in [2.05, 4.69) is 17.3 Å². The average molecular weight is 425 g/mol. The van der Waals surface area contributed by atoms with E-state index in [4.69, 9.17) is 4.74 Å². The van der Waals surface area contributed by atoms with Crippen molar-refractivity contribution in [1.82, 2.24) is 25.6 Å². The molecule has 9 nitrogen and oxygen atoms in total. The molecule has 3 aliphatic heterocycles. The highest BCUT2D eigenvalue weighted by atomic mass is 16.5. The molecular formula is C22H27N5O4. The van der Waals surface area contributed by atoms with Crippen molar-refractivity contribution in [2.75, 3.05) is 45.9 Å². The van der Waals surface area contributed by atoms with Gasteiger partial charge in [-0.1, -0.05) is 35.9 Å². The van der Waals surface area contributed by atoms with E-state index in [1.54, 1.807) is 11.1 Å². The summed E-state index contributed by atoms with van der Waals surface area (Å²) in [5.74, 6) is -0.511. The van der Waals surface area contributed by atoms with Crippen molar-refractivity contribution in [2.24, 2.45) is 0 Å². The summed E-state index contributed by atoms with van der Waals surface area (Å²) in [4.78, 5) is 41.7. The Bertz CT molecular complexity index is 920. The van der Waals surface area contributed by atoms with Crippen LogP contribution in [0, 0.1) is 6.92 Å². The molecule has 164 valence electrons. The lowest BCUT2D eigenvalue weighted by Gasteiger charge is -2.33. The van der Waals surface area contributed by atoms with Crippen LogP contribution in [-0.2, 0) is 14.3 Å². The number of rotatable bonds is 6. The van der Waals surface area contributed by atoms with Crippen LogP contribution in [0.4, 0.5) is 4.79 Å². The number of carbonyl (C=O) groups is 3. The van der Waals surface area contributed by atoms with Crippen LogP contribution in [0.1, 0.15) is 17.2 Å². The molecule has 0 bridgehead atoms. The van der Waals surface area contributed by atoms with Gasteiger partial charge in [0.25, 0.3) is 11.8 Å². The van der Waals surface area contributed by atoms with Crippen LogP contribution < -0.4 is 10.7 Å². The molecule has 31 heavy (non-hydrogen) atoms. The number of hydrogen-bond acceptors (Lipinski definition) is 5. The first-order valence-corrected chi connectivity index (χ1v) is 10.4. The van der Waals surface area contributed by atoms with Crippen LogP contribution in [0.15, 0.2) is 48.2 Å². The van der Waals surface area contributed by atoms with Gasteiger partial charge in [0.2, 0.25) is 0 Å². The van der Waals surface area contributed by atoms with Gasteiger partial charge in [0.05, 0.1) is 37.1 Å². The monoisotopic (exact) mass is 425 g/mol. The lowest BCUT2D eigenvalue weighted by Crippen LogP contribution is -2.51. The molecule has 1 unspecified atom stereocenters. The summed E-state index contributed by atoms with van der Waals surface area (Å²) in [5, 5.41) is 4.74. The van der Waals surface area contributed by atoms with Gasteiger partial charge in [-0.3, -0.25) is 19.9 Å². The van der Waals surface area contributed by atoms with Crippen molar-refractivity contribution in [1.29, 1.82) is 0 Å². The number of amides is 4. The Morgan fingerprint density at radius 3 is 2.65 bits per heavy atom. The van der Waals surface area contributed by atoms with Crippen molar-refractivity contribution >= 4 is 17.8 Å². The lowest BCUT2D eigenvalue weighted by molar-refractivity contribution is -0.135. The van der Waals surface area contributed by atoms with E-state index >= 15 is 0 Å². The van der Waals surface area contributed by atoms with Gasteiger partial charge in [0, 0.05) is 19.6 Å². The number of aryl methyl sites for hydroxylation is 1. The van der Waals surface area contributed by atoms with E-state index in [0.29, 0.717) is 37.6 Å². The summed E-state index contributed by atoms with van der Waals surface area (Å²) < 4.78 is 5.29. The molecule has 1 saturated heterocycles. The number of benzene rings is 1. The van der Waals surface area contributed by atoms with Crippen molar-refractivity contribution in [3.63, 3.8) is 0 Å². The van der Waals surface area contributed by atoms with Crippen LogP contribution >= 0.6 is 0 Å². The molecular weight excluding hydrogens is 398 g/mol. The first-order chi connectivity index (χ1) is 15.0. The number of urea groups is 1. The van der Waals surface area contributed by atoms with Crippen molar-refractivity contribution in [2.45, 2.75) is 13.0 Å². The molecule has 0 radical (unpaired) electrons. The predicted molar refractivity (Wildman–Crippen MR) is 113 cm³/mol. The molecule has 1 atom stereocenters. The molecule has 0 spiro atoms. The number of ether oxygens (including phenoxy) is 1. The molecule has 1 aromatic carbocycles. The molecule has 1 fully saturated rings. The van der Waals surface area contributed by atoms with Crippen molar-refractivity contribution in [3.05, 3.63) is 59.3 Å². The third-order valence-electron chi connectivity index (χ3n) is 5.65. The average Bonchev–Trinajstić information content (AvgIpc) is 3.07. The van der Waals surface area contributed by atoms with E-state index in [1.807, 2.05) is 31.2 Å². The van der Waals surface area contributed by atoms with E-state index in [0.717, 1.165) is 11.1 Å². The first-order valence-electron chi connectivity index (χ1n) is 10.4. The maximum absolute atomic E-state index is 13.3. The predicted octanol–water partition coefficient (Wildman–Crippen LogP) is 0.707. The summed E-state index contributed by atoms with van der Waals surface area (Å²) in [5.41, 5.74) is 5.88. The highest BCUT2D eigenvalue weighted by Gasteiger charge is 2.44. The van der Waals surface area contributed by atoms with Crippen LogP contribution in [0.25, 0.3) is 0 Å². The molecule has 2 N–H and O–H groups in total. The topological polar surface area (TPSA) is 94.2 Å². The Hall–Kier alpha value is -3.17. The number of hydrazine groups is 1.